The number of nitrogens with zero attached hydrogens (tertiary/aromatic N) is 3. The zero-order valence-corrected chi connectivity index (χ0v) is 13.8. The Hall–Kier alpha value is -1.07. The van der Waals surface area contributed by atoms with Gasteiger partial charge in [0.15, 0.2) is 5.96 Å². The zero-order valence-electron chi connectivity index (χ0n) is 13.8. The van der Waals surface area contributed by atoms with E-state index in [1.54, 1.807) is 0 Å². The van der Waals surface area contributed by atoms with Crippen molar-refractivity contribution >= 4 is 5.96 Å². The van der Waals surface area contributed by atoms with Gasteiger partial charge in [-0.05, 0) is 31.6 Å². The fourth-order valence-electron chi connectivity index (χ4n) is 3.78. The minimum atomic E-state index is 0.667. The van der Waals surface area contributed by atoms with Gasteiger partial charge < -0.3 is 15.0 Å². The highest BCUT2D eigenvalue weighted by Crippen LogP contribution is 2.19. The minimum absolute atomic E-state index is 0.667. The number of ether oxygens (including phenoxy) is 1. The zero-order chi connectivity index (χ0) is 15.2. The van der Waals surface area contributed by atoms with Crippen molar-refractivity contribution in [2.45, 2.75) is 31.7 Å². The molecular weight excluding hydrogens is 276 g/mol. The van der Waals surface area contributed by atoms with Crippen LogP contribution >= 0.6 is 0 Å². The van der Waals surface area contributed by atoms with Crippen molar-refractivity contribution in [3.05, 3.63) is 12.2 Å². The number of aliphatic imine (C=N–C) groups is 1. The van der Waals surface area contributed by atoms with Crippen LogP contribution in [0.25, 0.3) is 0 Å². The van der Waals surface area contributed by atoms with Crippen molar-refractivity contribution in [2.75, 3.05) is 53.0 Å². The molecule has 0 saturated carbocycles. The Kier molecular flexibility index (Phi) is 5.73. The number of hydrogen-bond donors (Lipinski definition) is 1. The third kappa shape index (κ3) is 4.02. The molecule has 2 atom stereocenters. The monoisotopic (exact) mass is 306 g/mol. The van der Waals surface area contributed by atoms with Crippen LogP contribution in [-0.4, -0.2) is 74.8 Å². The number of nitrogens with one attached hydrogen (secondary N) is 1. The van der Waals surface area contributed by atoms with E-state index in [1.165, 1.54) is 25.7 Å². The summed E-state index contributed by atoms with van der Waals surface area (Å²) in [5, 5.41) is 3.60. The average molecular weight is 306 g/mol. The lowest BCUT2D eigenvalue weighted by atomic mass is 9.94. The summed E-state index contributed by atoms with van der Waals surface area (Å²) in [4.78, 5) is 9.52. The van der Waals surface area contributed by atoms with Gasteiger partial charge in [0.25, 0.3) is 0 Å². The van der Waals surface area contributed by atoms with Gasteiger partial charge in [0.1, 0.15) is 0 Å². The molecule has 1 N–H and O–H groups in total. The molecule has 22 heavy (non-hydrogen) atoms. The fourth-order valence-corrected chi connectivity index (χ4v) is 3.78. The lowest BCUT2D eigenvalue weighted by Gasteiger charge is -2.32. The van der Waals surface area contributed by atoms with Gasteiger partial charge in [0, 0.05) is 45.8 Å². The molecule has 0 aromatic heterocycles. The van der Waals surface area contributed by atoms with Crippen molar-refractivity contribution in [3.63, 3.8) is 0 Å². The molecule has 5 nitrogen and oxygen atoms in total. The molecule has 0 bridgehead atoms. The molecule has 3 rings (SSSR count). The molecule has 0 radical (unpaired) electrons. The molecule has 2 saturated heterocycles. The summed E-state index contributed by atoms with van der Waals surface area (Å²) in [7, 11) is 1.91. The van der Waals surface area contributed by atoms with E-state index in [-0.39, 0.29) is 0 Å². The van der Waals surface area contributed by atoms with E-state index in [0.717, 1.165) is 57.8 Å². The van der Waals surface area contributed by atoms with Crippen LogP contribution < -0.4 is 5.32 Å². The first-order valence-electron chi connectivity index (χ1n) is 8.79. The maximum absolute atomic E-state index is 5.46. The molecule has 1 aliphatic carbocycles. The summed E-state index contributed by atoms with van der Waals surface area (Å²) >= 11 is 0. The van der Waals surface area contributed by atoms with Gasteiger partial charge in [0.2, 0.25) is 0 Å². The molecule has 0 aromatic carbocycles. The highest BCUT2D eigenvalue weighted by molar-refractivity contribution is 5.80. The SMILES string of the molecule is CN=C(NCC1CC=CCC1)N1CCC(N2CCOCC2)C1. The number of likely N-dealkylation sites (tertiary alicyclic amines) is 1. The molecule has 3 aliphatic rings. The molecule has 0 spiro atoms. The van der Waals surface area contributed by atoms with Crippen molar-refractivity contribution in [3.8, 4) is 0 Å². The van der Waals surface area contributed by atoms with E-state index in [4.69, 9.17) is 4.74 Å². The van der Waals surface area contributed by atoms with Crippen molar-refractivity contribution in [1.29, 1.82) is 0 Å². The second-order valence-corrected chi connectivity index (χ2v) is 6.62. The third-order valence-electron chi connectivity index (χ3n) is 5.16. The Morgan fingerprint density at radius 3 is 2.82 bits per heavy atom. The number of guanidine groups is 1. The maximum Gasteiger partial charge on any atom is 0.193 e. The van der Waals surface area contributed by atoms with Gasteiger partial charge in [0.05, 0.1) is 13.2 Å². The van der Waals surface area contributed by atoms with Gasteiger partial charge in [-0.1, -0.05) is 12.2 Å². The second kappa shape index (κ2) is 7.97. The molecule has 2 heterocycles. The lowest BCUT2D eigenvalue weighted by Crippen LogP contribution is -2.47. The normalized spacial score (nSPS) is 30.8. The molecule has 5 heteroatoms. The Labute approximate surface area is 134 Å². The second-order valence-electron chi connectivity index (χ2n) is 6.62. The molecule has 2 fully saturated rings. The molecule has 124 valence electrons. The van der Waals surface area contributed by atoms with E-state index in [9.17, 15) is 0 Å². The Morgan fingerprint density at radius 2 is 2.09 bits per heavy atom. The van der Waals surface area contributed by atoms with Gasteiger partial charge in [-0.15, -0.1) is 0 Å². The Morgan fingerprint density at radius 1 is 1.23 bits per heavy atom. The lowest BCUT2D eigenvalue weighted by molar-refractivity contribution is 0.0195. The predicted molar refractivity (Wildman–Crippen MR) is 90.2 cm³/mol. The van der Waals surface area contributed by atoms with Crippen LogP contribution in [0.4, 0.5) is 0 Å². The largest absolute Gasteiger partial charge is 0.379 e. The number of hydrogen-bond acceptors (Lipinski definition) is 3. The van der Waals surface area contributed by atoms with Crippen molar-refractivity contribution in [1.82, 2.24) is 15.1 Å². The molecular formula is C17H30N4O. The van der Waals surface area contributed by atoms with Crippen molar-refractivity contribution in [2.24, 2.45) is 10.9 Å². The maximum atomic E-state index is 5.46. The first kappa shape index (κ1) is 15.8. The van der Waals surface area contributed by atoms with E-state index < -0.39 is 0 Å². The van der Waals surface area contributed by atoms with E-state index in [2.05, 4.69) is 32.3 Å². The highest BCUT2D eigenvalue weighted by Gasteiger charge is 2.30. The van der Waals surface area contributed by atoms with E-state index in [0.29, 0.717) is 6.04 Å². The molecule has 0 aromatic rings. The van der Waals surface area contributed by atoms with Crippen molar-refractivity contribution < 1.29 is 4.74 Å². The quantitative estimate of drug-likeness (QED) is 0.485. The average Bonchev–Trinajstić information content (AvgIpc) is 3.07. The summed E-state index contributed by atoms with van der Waals surface area (Å²) < 4.78 is 5.46. The van der Waals surface area contributed by atoms with Crippen LogP contribution in [-0.2, 0) is 4.74 Å². The van der Waals surface area contributed by atoms with E-state index in [1.807, 2.05) is 7.05 Å². The fraction of sp³-hybridized carbons (Fsp3) is 0.824. The number of morpholine rings is 1. The summed E-state index contributed by atoms with van der Waals surface area (Å²) in [6.45, 7) is 7.21. The standard InChI is InChI=1S/C17H30N4O/c1-18-17(19-13-15-5-3-2-4-6-15)21-8-7-16(14-21)20-9-11-22-12-10-20/h2-3,15-16H,4-14H2,1H3,(H,18,19). The molecule has 2 unspecified atom stereocenters. The Balaban J connectivity index is 1.46. The van der Waals surface area contributed by atoms with Crippen LogP contribution in [0.2, 0.25) is 0 Å². The van der Waals surface area contributed by atoms with Crippen LogP contribution in [0.1, 0.15) is 25.7 Å². The number of rotatable bonds is 3. The topological polar surface area (TPSA) is 40.1 Å². The Bertz CT molecular complexity index is 403. The predicted octanol–water partition coefficient (Wildman–Crippen LogP) is 1.32. The molecule has 0 amide bonds. The van der Waals surface area contributed by atoms with Crippen LogP contribution in [0.5, 0.6) is 0 Å². The van der Waals surface area contributed by atoms with Gasteiger partial charge in [-0.25, -0.2) is 0 Å². The summed E-state index contributed by atoms with van der Waals surface area (Å²) in [5.41, 5.74) is 0. The first-order chi connectivity index (χ1) is 10.9. The summed E-state index contributed by atoms with van der Waals surface area (Å²) in [6.07, 6.45) is 9.61. The van der Waals surface area contributed by atoms with Crippen LogP contribution in [0.15, 0.2) is 17.1 Å². The van der Waals surface area contributed by atoms with Gasteiger partial charge in [-0.3, -0.25) is 9.89 Å². The third-order valence-corrected chi connectivity index (χ3v) is 5.16. The summed E-state index contributed by atoms with van der Waals surface area (Å²) in [6, 6.07) is 0.667. The smallest absolute Gasteiger partial charge is 0.193 e. The number of allylic oxidation sites excluding steroid dienone is 2. The van der Waals surface area contributed by atoms with Gasteiger partial charge >= 0.3 is 0 Å². The van der Waals surface area contributed by atoms with Gasteiger partial charge in [-0.2, -0.15) is 0 Å². The highest BCUT2D eigenvalue weighted by atomic mass is 16.5. The minimum Gasteiger partial charge on any atom is -0.379 e. The van der Waals surface area contributed by atoms with Crippen LogP contribution in [0, 0.1) is 5.92 Å². The summed E-state index contributed by atoms with van der Waals surface area (Å²) in [5.74, 6) is 1.85. The van der Waals surface area contributed by atoms with Crippen LogP contribution in [0.3, 0.4) is 0 Å². The van der Waals surface area contributed by atoms with E-state index >= 15 is 0 Å². The first-order valence-corrected chi connectivity index (χ1v) is 8.79. The molecule has 2 aliphatic heterocycles.